The van der Waals surface area contributed by atoms with Crippen LogP contribution in [0.2, 0.25) is 0 Å². The summed E-state index contributed by atoms with van der Waals surface area (Å²) in [7, 11) is 0. The van der Waals surface area contributed by atoms with Crippen molar-refractivity contribution in [2.24, 2.45) is 0 Å². The first-order valence-electron chi connectivity index (χ1n) is 2.65. The Morgan fingerprint density at radius 1 is 1.58 bits per heavy atom. The summed E-state index contributed by atoms with van der Waals surface area (Å²) in [5.41, 5.74) is -0.235. The van der Waals surface area contributed by atoms with Gasteiger partial charge in [0.05, 0.1) is 11.5 Å². The predicted octanol–water partition coefficient (Wildman–Crippen LogP) is 0.525. The lowest BCUT2D eigenvalue weighted by molar-refractivity contribution is -0.256. The number of carbonyl (C=O) groups excluding carboxylic acids is 1. The summed E-state index contributed by atoms with van der Waals surface area (Å²) >= 11 is 0.228. The molecule has 12 heavy (non-hydrogen) atoms. The molecule has 0 saturated heterocycles. The number of nitrogens with zero attached hydrogens (tertiary/aromatic N) is 1. The first-order valence-corrected chi connectivity index (χ1v) is 3.53. The number of hydrogen-bond donors (Lipinski definition) is 0. The van der Waals surface area contributed by atoms with Gasteiger partial charge in [-0.2, -0.15) is 13.2 Å². The van der Waals surface area contributed by atoms with Crippen molar-refractivity contribution >= 4 is 17.3 Å². The quantitative estimate of drug-likeness (QED) is 0.658. The van der Waals surface area contributed by atoms with Crippen LogP contribution in [0.4, 0.5) is 13.2 Å². The lowest BCUT2D eigenvalue weighted by atomic mass is 10.3. The maximum atomic E-state index is 11.9. The zero-order chi connectivity index (χ0) is 9.35. The molecule has 0 radical (unpaired) electrons. The van der Waals surface area contributed by atoms with Gasteiger partial charge >= 0.3 is 6.18 Å². The number of carboxylic acids is 1. The molecule has 0 aliphatic heterocycles. The van der Waals surface area contributed by atoms with Gasteiger partial charge in [0.25, 0.3) is 0 Å². The van der Waals surface area contributed by atoms with Crippen LogP contribution in [0.25, 0.3) is 0 Å². The Morgan fingerprint density at radius 3 is 2.50 bits per heavy atom. The van der Waals surface area contributed by atoms with E-state index in [0.717, 1.165) is 5.51 Å². The molecule has 0 aliphatic carbocycles. The van der Waals surface area contributed by atoms with Gasteiger partial charge in [0.1, 0.15) is 10.6 Å². The SMILES string of the molecule is O=C([O-])c1ncsc1C(F)(F)F. The number of aromatic nitrogens is 1. The maximum absolute atomic E-state index is 11.9. The Kier molecular flexibility index (Phi) is 2.05. The fraction of sp³-hybridized carbons (Fsp3) is 0.200. The minimum Gasteiger partial charge on any atom is -0.543 e. The molecule has 1 aromatic heterocycles. The number of carbonyl (C=O) groups is 1. The van der Waals surface area contributed by atoms with Crippen molar-refractivity contribution in [2.45, 2.75) is 6.18 Å². The van der Waals surface area contributed by atoms with Gasteiger partial charge in [0, 0.05) is 0 Å². The Balaban J connectivity index is 3.17. The molecule has 1 aromatic rings. The molecule has 0 spiro atoms. The number of halogens is 3. The van der Waals surface area contributed by atoms with E-state index >= 15 is 0 Å². The number of aromatic carboxylic acids is 1. The van der Waals surface area contributed by atoms with E-state index in [0.29, 0.717) is 0 Å². The monoisotopic (exact) mass is 196 g/mol. The fourth-order valence-electron chi connectivity index (χ4n) is 0.593. The minimum absolute atomic E-state index is 0.228. The molecule has 0 amide bonds. The first kappa shape index (κ1) is 8.98. The standard InChI is InChI=1S/C5H2F3NO2S/c6-5(7,8)3-2(4(10)11)9-1-12-3/h1H,(H,10,11)/p-1. The highest BCUT2D eigenvalue weighted by Crippen LogP contribution is 2.34. The van der Waals surface area contributed by atoms with Crippen molar-refractivity contribution in [1.82, 2.24) is 4.98 Å². The molecule has 0 atom stereocenters. The second-order valence-electron chi connectivity index (χ2n) is 1.82. The molecule has 0 N–H and O–H groups in total. The smallest absolute Gasteiger partial charge is 0.427 e. The number of rotatable bonds is 1. The molecular weight excluding hydrogens is 195 g/mol. The molecule has 0 aliphatic rings. The van der Waals surface area contributed by atoms with E-state index in [9.17, 15) is 23.1 Å². The van der Waals surface area contributed by atoms with Crippen LogP contribution in [0.3, 0.4) is 0 Å². The van der Waals surface area contributed by atoms with Gasteiger partial charge < -0.3 is 9.90 Å². The third-order valence-electron chi connectivity index (χ3n) is 1.02. The van der Waals surface area contributed by atoms with Crippen LogP contribution in [0.5, 0.6) is 0 Å². The normalized spacial score (nSPS) is 11.6. The van der Waals surface area contributed by atoms with Gasteiger partial charge in [0.2, 0.25) is 0 Å². The number of alkyl halides is 3. The average Bonchev–Trinajstić information content (AvgIpc) is 2.30. The molecule has 0 fully saturated rings. The van der Waals surface area contributed by atoms with Gasteiger partial charge in [0.15, 0.2) is 0 Å². The number of hydrogen-bond acceptors (Lipinski definition) is 4. The van der Waals surface area contributed by atoms with Crippen LogP contribution in [-0.2, 0) is 6.18 Å². The average molecular weight is 196 g/mol. The second kappa shape index (κ2) is 2.74. The molecule has 7 heteroatoms. The molecule has 0 unspecified atom stereocenters. The summed E-state index contributed by atoms with van der Waals surface area (Å²) in [6.45, 7) is 0. The summed E-state index contributed by atoms with van der Waals surface area (Å²) < 4.78 is 35.8. The zero-order valence-electron chi connectivity index (χ0n) is 5.38. The van der Waals surface area contributed by atoms with Gasteiger partial charge in [-0.3, -0.25) is 0 Å². The molecule has 1 heterocycles. The molecular formula is C5HF3NO2S-. The summed E-state index contributed by atoms with van der Waals surface area (Å²) in [5, 5.41) is 10.1. The Morgan fingerprint density at radius 2 is 2.17 bits per heavy atom. The summed E-state index contributed by atoms with van der Waals surface area (Å²) in [4.78, 5) is 11.8. The highest BCUT2D eigenvalue weighted by Gasteiger charge is 2.36. The van der Waals surface area contributed by atoms with Crippen LogP contribution < -0.4 is 5.11 Å². The van der Waals surface area contributed by atoms with Crippen molar-refractivity contribution in [1.29, 1.82) is 0 Å². The Bertz CT molecular complexity index is 306. The van der Waals surface area contributed by atoms with Gasteiger partial charge in [-0.25, -0.2) is 4.98 Å². The largest absolute Gasteiger partial charge is 0.543 e. The van der Waals surface area contributed by atoms with E-state index in [-0.39, 0.29) is 11.3 Å². The van der Waals surface area contributed by atoms with E-state index in [1.807, 2.05) is 0 Å². The van der Waals surface area contributed by atoms with Crippen LogP contribution in [0, 0.1) is 0 Å². The maximum Gasteiger partial charge on any atom is 0.427 e. The third kappa shape index (κ3) is 1.55. The van der Waals surface area contributed by atoms with E-state index in [4.69, 9.17) is 0 Å². The number of thiazole rings is 1. The lowest BCUT2D eigenvalue weighted by Crippen LogP contribution is -2.25. The van der Waals surface area contributed by atoms with E-state index in [1.165, 1.54) is 0 Å². The number of carboxylic acid groups (broad SMARTS) is 1. The van der Waals surface area contributed by atoms with Crippen molar-refractivity contribution in [3.05, 3.63) is 16.1 Å². The molecule has 0 bridgehead atoms. The molecule has 1 rings (SSSR count). The molecule has 0 saturated carbocycles. The van der Waals surface area contributed by atoms with Crippen LogP contribution in [0.15, 0.2) is 5.51 Å². The Hall–Kier alpha value is -1.11. The topological polar surface area (TPSA) is 53.0 Å². The fourth-order valence-corrected chi connectivity index (χ4v) is 1.24. The summed E-state index contributed by atoms with van der Waals surface area (Å²) in [6.07, 6.45) is -4.67. The van der Waals surface area contributed by atoms with Gasteiger partial charge in [-0.15, -0.1) is 11.3 Å². The van der Waals surface area contributed by atoms with Crippen molar-refractivity contribution in [3.63, 3.8) is 0 Å². The van der Waals surface area contributed by atoms with Gasteiger partial charge in [-0.05, 0) is 0 Å². The zero-order valence-corrected chi connectivity index (χ0v) is 6.20. The second-order valence-corrected chi connectivity index (χ2v) is 2.67. The van der Waals surface area contributed by atoms with Gasteiger partial charge in [-0.1, -0.05) is 0 Å². The van der Waals surface area contributed by atoms with Crippen LogP contribution >= 0.6 is 11.3 Å². The summed E-state index contributed by atoms with van der Waals surface area (Å²) in [5.74, 6) is -1.91. The summed E-state index contributed by atoms with van der Waals surface area (Å²) in [6, 6.07) is 0. The van der Waals surface area contributed by atoms with E-state index in [1.54, 1.807) is 0 Å². The minimum atomic E-state index is -4.67. The van der Waals surface area contributed by atoms with Crippen molar-refractivity contribution in [3.8, 4) is 0 Å². The van der Waals surface area contributed by atoms with Crippen LogP contribution in [-0.4, -0.2) is 11.0 Å². The first-order chi connectivity index (χ1) is 5.43. The molecule has 66 valence electrons. The van der Waals surface area contributed by atoms with Crippen molar-refractivity contribution < 1.29 is 23.1 Å². The lowest BCUT2D eigenvalue weighted by Gasteiger charge is -2.05. The molecule has 3 nitrogen and oxygen atoms in total. The molecule has 0 aromatic carbocycles. The Labute approximate surface area is 68.5 Å². The highest BCUT2D eigenvalue weighted by atomic mass is 32.1. The van der Waals surface area contributed by atoms with Crippen molar-refractivity contribution in [2.75, 3.05) is 0 Å². The highest BCUT2D eigenvalue weighted by molar-refractivity contribution is 7.10. The van der Waals surface area contributed by atoms with E-state index in [2.05, 4.69) is 4.98 Å². The van der Waals surface area contributed by atoms with E-state index < -0.39 is 22.7 Å². The predicted molar refractivity (Wildman–Crippen MR) is 31.4 cm³/mol. The van der Waals surface area contributed by atoms with Crippen LogP contribution in [0.1, 0.15) is 15.4 Å². The third-order valence-corrected chi connectivity index (χ3v) is 1.89.